The zero-order chi connectivity index (χ0) is 20.8. The van der Waals surface area contributed by atoms with E-state index in [1.165, 1.54) is 0 Å². The van der Waals surface area contributed by atoms with Crippen molar-refractivity contribution >= 4 is 17.6 Å². The molecule has 0 spiro atoms. The van der Waals surface area contributed by atoms with Crippen LogP contribution in [-0.2, 0) is 6.54 Å². The summed E-state index contributed by atoms with van der Waals surface area (Å²) in [5, 5.41) is 2.48. The molecule has 2 aromatic rings. The van der Waals surface area contributed by atoms with E-state index in [1.807, 2.05) is 23.1 Å². The van der Waals surface area contributed by atoms with Gasteiger partial charge in [-0.15, -0.1) is 0 Å². The number of hydrogen-bond donors (Lipinski definition) is 2. The average molecular weight is 398 g/mol. The van der Waals surface area contributed by atoms with Gasteiger partial charge in [0.2, 0.25) is 0 Å². The van der Waals surface area contributed by atoms with Crippen LogP contribution in [0.25, 0.3) is 0 Å². The van der Waals surface area contributed by atoms with E-state index in [-0.39, 0.29) is 5.91 Å². The van der Waals surface area contributed by atoms with Gasteiger partial charge in [0.25, 0.3) is 5.91 Å². The van der Waals surface area contributed by atoms with Crippen molar-refractivity contribution < 1.29 is 19.1 Å². The number of hydrogen-bond acceptors (Lipinski definition) is 5. The first-order valence-corrected chi connectivity index (χ1v) is 9.39. The van der Waals surface area contributed by atoms with Crippen molar-refractivity contribution in [3.05, 3.63) is 53.6 Å². The highest BCUT2D eigenvalue weighted by molar-refractivity contribution is 5.95. The molecule has 1 fully saturated rings. The molecule has 0 saturated carbocycles. The third kappa shape index (κ3) is 5.17. The minimum atomic E-state index is -0.632. The first kappa shape index (κ1) is 20.5. The Kier molecular flexibility index (Phi) is 6.56. The molecule has 2 aromatic carbocycles. The second kappa shape index (κ2) is 9.29. The molecule has 0 aromatic heterocycles. The standard InChI is InChI=1S/C21H26N4O4/c1-28-18-7-8-19(29-2)16(13-18)14-24-9-11-25(12-10-24)20(26)15-3-5-17(6-4-15)23-21(22)27/h3-8,13H,9-12,14H2,1-2H3,(H3,22,23,27). The van der Waals surface area contributed by atoms with Gasteiger partial charge in [0.15, 0.2) is 0 Å². The molecule has 1 aliphatic rings. The molecule has 1 heterocycles. The summed E-state index contributed by atoms with van der Waals surface area (Å²) < 4.78 is 10.8. The smallest absolute Gasteiger partial charge is 0.316 e. The van der Waals surface area contributed by atoms with Crippen LogP contribution in [0.15, 0.2) is 42.5 Å². The molecule has 0 bridgehead atoms. The lowest BCUT2D eigenvalue weighted by atomic mass is 10.1. The van der Waals surface area contributed by atoms with E-state index in [2.05, 4.69) is 10.2 Å². The molecule has 154 valence electrons. The van der Waals surface area contributed by atoms with Crippen LogP contribution < -0.4 is 20.5 Å². The Labute approximate surface area is 170 Å². The zero-order valence-electron chi connectivity index (χ0n) is 16.7. The van der Waals surface area contributed by atoms with E-state index in [0.717, 1.165) is 36.7 Å². The van der Waals surface area contributed by atoms with Crippen LogP contribution in [0.5, 0.6) is 11.5 Å². The Balaban J connectivity index is 1.57. The summed E-state index contributed by atoms with van der Waals surface area (Å²) in [5.74, 6) is 1.60. The minimum Gasteiger partial charge on any atom is -0.497 e. The van der Waals surface area contributed by atoms with Gasteiger partial charge in [-0.2, -0.15) is 0 Å². The first-order valence-electron chi connectivity index (χ1n) is 9.39. The van der Waals surface area contributed by atoms with Crippen LogP contribution in [-0.4, -0.2) is 62.1 Å². The number of carbonyl (C=O) groups is 2. The van der Waals surface area contributed by atoms with Gasteiger partial charge in [-0.1, -0.05) is 0 Å². The molecule has 3 N–H and O–H groups in total. The SMILES string of the molecule is COc1ccc(OC)c(CN2CCN(C(=O)c3ccc(NC(N)=O)cc3)CC2)c1. The molecule has 3 amide bonds. The molecule has 0 radical (unpaired) electrons. The molecular formula is C21H26N4O4. The average Bonchev–Trinajstić information content (AvgIpc) is 2.74. The number of piperazine rings is 1. The summed E-state index contributed by atoms with van der Waals surface area (Å²) in [4.78, 5) is 27.8. The second-order valence-electron chi connectivity index (χ2n) is 6.81. The summed E-state index contributed by atoms with van der Waals surface area (Å²) in [6.45, 7) is 3.57. The topological polar surface area (TPSA) is 97.1 Å². The van der Waals surface area contributed by atoms with Crippen molar-refractivity contribution in [2.75, 3.05) is 45.7 Å². The normalized spacial score (nSPS) is 14.3. The predicted octanol–water partition coefficient (Wildman–Crippen LogP) is 2.15. The van der Waals surface area contributed by atoms with Crippen LogP contribution in [0.3, 0.4) is 0 Å². The Morgan fingerprint density at radius 1 is 1.00 bits per heavy atom. The van der Waals surface area contributed by atoms with Crippen LogP contribution in [0.4, 0.5) is 10.5 Å². The van der Waals surface area contributed by atoms with Crippen molar-refractivity contribution in [1.29, 1.82) is 0 Å². The largest absolute Gasteiger partial charge is 0.497 e. The quantitative estimate of drug-likeness (QED) is 0.777. The number of ether oxygens (including phenoxy) is 2. The van der Waals surface area contributed by atoms with E-state index in [9.17, 15) is 9.59 Å². The molecular weight excluding hydrogens is 372 g/mol. The van der Waals surface area contributed by atoms with E-state index < -0.39 is 6.03 Å². The van der Waals surface area contributed by atoms with Gasteiger partial charge < -0.3 is 25.4 Å². The number of carbonyl (C=O) groups excluding carboxylic acids is 2. The molecule has 0 atom stereocenters. The summed E-state index contributed by atoms with van der Waals surface area (Å²) in [6.07, 6.45) is 0. The maximum absolute atomic E-state index is 12.7. The highest BCUT2D eigenvalue weighted by Gasteiger charge is 2.23. The molecule has 8 heteroatoms. The summed E-state index contributed by atoms with van der Waals surface area (Å²) in [5.41, 5.74) is 7.30. The molecule has 3 rings (SSSR count). The predicted molar refractivity (Wildman–Crippen MR) is 110 cm³/mol. The van der Waals surface area contributed by atoms with Crippen molar-refractivity contribution in [1.82, 2.24) is 9.80 Å². The molecule has 8 nitrogen and oxygen atoms in total. The zero-order valence-corrected chi connectivity index (χ0v) is 16.7. The fourth-order valence-corrected chi connectivity index (χ4v) is 3.38. The lowest BCUT2D eigenvalue weighted by Gasteiger charge is -2.35. The minimum absolute atomic E-state index is 0.0192. The van der Waals surface area contributed by atoms with Gasteiger partial charge in [-0.3, -0.25) is 9.69 Å². The molecule has 0 aliphatic carbocycles. The number of urea groups is 1. The highest BCUT2D eigenvalue weighted by Crippen LogP contribution is 2.25. The van der Waals surface area contributed by atoms with Gasteiger partial charge in [0.05, 0.1) is 14.2 Å². The fraction of sp³-hybridized carbons (Fsp3) is 0.333. The van der Waals surface area contributed by atoms with Crippen molar-refractivity contribution in [2.24, 2.45) is 5.73 Å². The van der Waals surface area contributed by atoms with Gasteiger partial charge in [0.1, 0.15) is 11.5 Å². The van der Waals surface area contributed by atoms with Gasteiger partial charge in [-0.05, 0) is 42.5 Å². The van der Waals surface area contributed by atoms with E-state index >= 15 is 0 Å². The third-order valence-electron chi connectivity index (χ3n) is 4.94. The Morgan fingerprint density at radius 2 is 1.69 bits per heavy atom. The van der Waals surface area contributed by atoms with Gasteiger partial charge in [-0.25, -0.2) is 4.79 Å². The molecule has 29 heavy (non-hydrogen) atoms. The van der Waals surface area contributed by atoms with Crippen LogP contribution in [0.2, 0.25) is 0 Å². The summed E-state index contributed by atoms with van der Waals surface area (Å²) in [7, 11) is 3.30. The van der Waals surface area contributed by atoms with Crippen LogP contribution in [0, 0.1) is 0 Å². The molecule has 1 saturated heterocycles. The first-order chi connectivity index (χ1) is 14.0. The van der Waals surface area contributed by atoms with E-state index in [1.54, 1.807) is 38.5 Å². The number of anilines is 1. The van der Waals surface area contributed by atoms with Crippen molar-refractivity contribution in [2.45, 2.75) is 6.54 Å². The number of benzene rings is 2. The second-order valence-corrected chi connectivity index (χ2v) is 6.81. The summed E-state index contributed by atoms with van der Waals surface area (Å²) in [6, 6.07) is 11.9. The maximum atomic E-state index is 12.7. The number of nitrogens with zero attached hydrogens (tertiary/aromatic N) is 2. The monoisotopic (exact) mass is 398 g/mol. The third-order valence-corrected chi connectivity index (χ3v) is 4.94. The number of amides is 3. The number of nitrogens with one attached hydrogen (secondary N) is 1. The molecule has 1 aliphatic heterocycles. The van der Waals surface area contributed by atoms with E-state index in [0.29, 0.717) is 24.3 Å². The Morgan fingerprint density at radius 3 is 2.28 bits per heavy atom. The van der Waals surface area contributed by atoms with Crippen molar-refractivity contribution in [3.8, 4) is 11.5 Å². The Hall–Kier alpha value is -3.26. The molecule has 0 unspecified atom stereocenters. The number of nitrogens with two attached hydrogens (primary N) is 1. The number of primary amides is 1. The van der Waals surface area contributed by atoms with Gasteiger partial charge >= 0.3 is 6.03 Å². The van der Waals surface area contributed by atoms with E-state index in [4.69, 9.17) is 15.2 Å². The highest BCUT2D eigenvalue weighted by atomic mass is 16.5. The number of rotatable bonds is 6. The van der Waals surface area contributed by atoms with Crippen molar-refractivity contribution in [3.63, 3.8) is 0 Å². The fourth-order valence-electron chi connectivity index (χ4n) is 3.38. The lowest BCUT2D eigenvalue weighted by Crippen LogP contribution is -2.48. The lowest BCUT2D eigenvalue weighted by molar-refractivity contribution is 0.0627. The van der Waals surface area contributed by atoms with Gasteiger partial charge in [0, 0.05) is 49.5 Å². The summed E-state index contributed by atoms with van der Waals surface area (Å²) >= 11 is 0. The van der Waals surface area contributed by atoms with Crippen LogP contribution >= 0.6 is 0 Å². The number of methoxy groups -OCH3 is 2. The Bertz CT molecular complexity index is 861. The maximum Gasteiger partial charge on any atom is 0.316 e. The van der Waals surface area contributed by atoms with Crippen LogP contribution in [0.1, 0.15) is 15.9 Å².